The molecular formula is C22H25NO3. The summed E-state index contributed by atoms with van der Waals surface area (Å²) in [6.07, 6.45) is 3.85. The van der Waals surface area contributed by atoms with E-state index in [1.54, 1.807) is 6.08 Å². The molecule has 0 saturated carbocycles. The second-order valence-corrected chi connectivity index (χ2v) is 6.06. The molecule has 1 amide bonds. The Hall–Kier alpha value is -2.88. The van der Waals surface area contributed by atoms with E-state index < -0.39 is 17.9 Å². The molecule has 0 heterocycles. The van der Waals surface area contributed by atoms with E-state index >= 15 is 0 Å². The van der Waals surface area contributed by atoms with Crippen LogP contribution in [0.1, 0.15) is 36.3 Å². The summed E-state index contributed by atoms with van der Waals surface area (Å²) in [7, 11) is 1.33. The van der Waals surface area contributed by atoms with Crippen LogP contribution in [0.5, 0.6) is 0 Å². The van der Waals surface area contributed by atoms with Gasteiger partial charge in [-0.05, 0) is 30.4 Å². The Morgan fingerprint density at radius 3 is 2.04 bits per heavy atom. The van der Waals surface area contributed by atoms with E-state index in [1.807, 2.05) is 60.7 Å². The maximum Gasteiger partial charge on any atom is 0.328 e. The predicted molar refractivity (Wildman–Crippen MR) is 103 cm³/mol. The first kappa shape index (κ1) is 19.4. The highest BCUT2D eigenvalue weighted by Crippen LogP contribution is 2.25. The molecule has 0 aliphatic heterocycles. The van der Waals surface area contributed by atoms with Crippen LogP contribution >= 0.6 is 0 Å². The van der Waals surface area contributed by atoms with E-state index in [0.717, 1.165) is 24.0 Å². The number of carbonyl (C=O) groups is 2. The number of carbonyl (C=O) groups excluding carboxylic acids is 2. The molecule has 136 valence electrons. The van der Waals surface area contributed by atoms with Crippen LogP contribution in [0.4, 0.5) is 0 Å². The third-order valence-corrected chi connectivity index (χ3v) is 4.23. The van der Waals surface area contributed by atoms with Crippen LogP contribution in [-0.2, 0) is 14.3 Å². The molecule has 1 N–H and O–H groups in total. The van der Waals surface area contributed by atoms with Gasteiger partial charge in [0, 0.05) is 0 Å². The zero-order valence-corrected chi connectivity index (χ0v) is 15.1. The Morgan fingerprint density at radius 1 is 1.04 bits per heavy atom. The first-order valence-corrected chi connectivity index (χ1v) is 8.76. The molecule has 26 heavy (non-hydrogen) atoms. The number of benzene rings is 2. The monoisotopic (exact) mass is 351 g/mol. The molecule has 0 aromatic heterocycles. The Kier molecular flexibility index (Phi) is 7.62. The van der Waals surface area contributed by atoms with Crippen molar-refractivity contribution in [2.75, 3.05) is 7.11 Å². The van der Waals surface area contributed by atoms with E-state index in [4.69, 9.17) is 4.74 Å². The first-order valence-electron chi connectivity index (χ1n) is 8.76. The van der Waals surface area contributed by atoms with Gasteiger partial charge in [-0.3, -0.25) is 4.79 Å². The lowest BCUT2D eigenvalue weighted by atomic mass is 9.90. The van der Waals surface area contributed by atoms with Gasteiger partial charge in [0.25, 0.3) is 0 Å². The van der Waals surface area contributed by atoms with E-state index in [0.29, 0.717) is 6.42 Å². The summed E-state index contributed by atoms with van der Waals surface area (Å²) in [5.41, 5.74) is 1.76. The highest BCUT2D eigenvalue weighted by atomic mass is 16.5. The van der Waals surface area contributed by atoms with E-state index in [-0.39, 0.29) is 5.91 Å². The highest BCUT2D eigenvalue weighted by molar-refractivity contribution is 5.91. The van der Waals surface area contributed by atoms with Gasteiger partial charge >= 0.3 is 5.97 Å². The highest BCUT2D eigenvalue weighted by Gasteiger charge is 2.27. The normalized spacial score (nSPS) is 11.6. The van der Waals surface area contributed by atoms with Crippen molar-refractivity contribution in [2.24, 2.45) is 0 Å². The van der Waals surface area contributed by atoms with Crippen molar-refractivity contribution in [2.45, 2.75) is 31.2 Å². The van der Waals surface area contributed by atoms with Crippen LogP contribution in [0.2, 0.25) is 0 Å². The topological polar surface area (TPSA) is 55.4 Å². The largest absolute Gasteiger partial charge is 0.467 e. The van der Waals surface area contributed by atoms with Gasteiger partial charge in [0.2, 0.25) is 5.91 Å². The molecular weight excluding hydrogens is 326 g/mol. The van der Waals surface area contributed by atoms with Crippen molar-refractivity contribution < 1.29 is 14.3 Å². The van der Waals surface area contributed by atoms with Crippen LogP contribution in [0.15, 0.2) is 73.3 Å². The molecule has 4 nitrogen and oxygen atoms in total. The van der Waals surface area contributed by atoms with Gasteiger partial charge in [0.15, 0.2) is 0 Å². The standard InChI is InChI=1S/C22H25NO3/c1-3-4-7-16-19(22(25)26-2)23-21(24)20(17-12-8-5-9-13-17)18-14-10-6-11-15-18/h3,5-6,8-15,19-20H,1,4,7,16H2,2H3,(H,23,24)/t19-/m0/s1. The molecule has 0 unspecified atom stereocenters. The third-order valence-electron chi connectivity index (χ3n) is 4.23. The number of unbranched alkanes of at least 4 members (excludes halogenated alkanes) is 1. The third kappa shape index (κ3) is 5.31. The number of amides is 1. The van der Waals surface area contributed by atoms with Crippen molar-refractivity contribution in [1.82, 2.24) is 5.32 Å². The number of nitrogens with one attached hydrogen (secondary N) is 1. The lowest BCUT2D eigenvalue weighted by Crippen LogP contribution is -2.43. The molecule has 1 atom stereocenters. The molecule has 0 aliphatic carbocycles. The Bertz CT molecular complexity index is 673. The van der Waals surface area contributed by atoms with E-state index in [2.05, 4.69) is 11.9 Å². The fraction of sp³-hybridized carbons (Fsp3) is 0.273. The van der Waals surface area contributed by atoms with Crippen LogP contribution in [-0.4, -0.2) is 25.0 Å². The fourth-order valence-corrected chi connectivity index (χ4v) is 2.90. The van der Waals surface area contributed by atoms with Crippen molar-refractivity contribution in [1.29, 1.82) is 0 Å². The Balaban J connectivity index is 2.24. The van der Waals surface area contributed by atoms with Gasteiger partial charge in [0.05, 0.1) is 13.0 Å². The van der Waals surface area contributed by atoms with Gasteiger partial charge < -0.3 is 10.1 Å². The summed E-state index contributed by atoms with van der Waals surface area (Å²) >= 11 is 0. The summed E-state index contributed by atoms with van der Waals surface area (Å²) in [6.45, 7) is 3.69. The molecule has 0 spiro atoms. The van der Waals surface area contributed by atoms with Crippen molar-refractivity contribution >= 4 is 11.9 Å². The molecule has 0 aliphatic rings. The van der Waals surface area contributed by atoms with Crippen LogP contribution < -0.4 is 5.32 Å². The SMILES string of the molecule is C=CCCC[C@H](NC(=O)C(c1ccccc1)c1ccccc1)C(=O)OC. The van der Waals surface area contributed by atoms with Crippen LogP contribution in [0.3, 0.4) is 0 Å². The fourth-order valence-electron chi connectivity index (χ4n) is 2.90. The number of ether oxygens (including phenoxy) is 1. The second-order valence-electron chi connectivity index (χ2n) is 6.06. The minimum absolute atomic E-state index is 0.212. The van der Waals surface area contributed by atoms with Crippen LogP contribution in [0, 0.1) is 0 Å². The minimum atomic E-state index is -0.664. The van der Waals surface area contributed by atoms with Gasteiger partial charge in [-0.15, -0.1) is 6.58 Å². The Morgan fingerprint density at radius 2 is 1.58 bits per heavy atom. The zero-order valence-electron chi connectivity index (χ0n) is 15.1. The maximum absolute atomic E-state index is 13.1. The van der Waals surface area contributed by atoms with Crippen molar-refractivity contribution in [3.05, 3.63) is 84.4 Å². The zero-order chi connectivity index (χ0) is 18.8. The summed E-state index contributed by atoms with van der Waals surface area (Å²) < 4.78 is 4.86. The van der Waals surface area contributed by atoms with Crippen LogP contribution in [0.25, 0.3) is 0 Å². The maximum atomic E-state index is 13.1. The average Bonchev–Trinajstić information content (AvgIpc) is 2.68. The van der Waals surface area contributed by atoms with Crippen molar-refractivity contribution in [3.8, 4) is 0 Å². The molecule has 2 rings (SSSR count). The number of methoxy groups -OCH3 is 1. The van der Waals surface area contributed by atoms with Gasteiger partial charge in [-0.2, -0.15) is 0 Å². The summed E-state index contributed by atoms with van der Waals surface area (Å²) in [5.74, 6) is -1.12. The van der Waals surface area contributed by atoms with Gasteiger partial charge in [-0.1, -0.05) is 66.7 Å². The molecule has 2 aromatic carbocycles. The molecule has 4 heteroatoms. The molecule has 0 bridgehead atoms. The van der Waals surface area contributed by atoms with E-state index in [9.17, 15) is 9.59 Å². The molecule has 0 radical (unpaired) electrons. The molecule has 0 fully saturated rings. The Labute approximate surface area is 154 Å². The molecule has 0 saturated heterocycles. The number of hydrogen-bond donors (Lipinski definition) is 1. The molecule has 2 aromatic rings. The first-order chi connectivity index (χ1) is 12.7. The summed E-state index contributed by atoms with van der Waals surface area (Å²) in [5, 5.41) is 2.88. The second kappa shape index (κ2) is 10.2. The van der Waals surface area contributed by atoms with E-state index in [1.165, 1.54) is 7.11 Å². The van der Waals surface area contributed by atoms with Gasteiger partial charge in [-0.25, -0.2) is 4.79 Å². The van der Waals surface area contributed by atoms with Crippen molar-refractivity contribution in [3.63, 3.8) is 0 Å². The summed E-state index contributed by atoms with van der Waals surface area (Å²) in [6, 6.07) is 18.4. The average molecular weight is 351 g/mol. The number of allylic oxidation sites excluding steroid dienone is 1. The number of hydrogen-bond acceptors (Lipinski definition) is 3. The lowest BCUT2D eigenvalue weighted by Gasteiger charge is -2.22. The number of esters is 1. The summed E-state index contributed by atoms with van der Waals surface area (Å²) in [4.78, 5) is 25.1. The number of rotatable bonds is 9. The predicted octanol–water partition coefficient (Wildman–Crippen LogP) is 3.83. The van der Waals surface area contributed by atoms with Gasteiger partial charge in [0.1, 0.15) is 6.04 Å². The lowest BCUT2D eigenvalue weighted by molar-refractivity contribution is -0.145. The quantitative estimate of drug-likeness (QED) is 0.424. The minimum Gasteiger partial charge on any atom is -0.467 e. The smallest absolute Gasteiger partial charge is 0.328 e.